The number of aryl methyl sites for hydroxylation is 1. The van der Waals surface area contributed by atoms with Crippen LogP contribution in [0.4, 0.5) is 17.1 Å². The number of aromatic nitrogens is 5. The van der Waals surface area contributed by atoms with Crippen molar-refractivity contribution in [3.05, 3.63) is 77.8 Å². The number of hydrogen-bond donors (Lipinski definition) is 2. The number of ether oxygens (including phenoxy) is 1. The second-order valence-electron chi connectivity index (χ2n) is 6.82. The van der Waals surface area contributed by atoms with Crippen molar-refractivity contribution in [3.63, 3.8) is 0 Å². The van der Waals surface area contributed by atoms with Crippen molar-refractivity contribution in [1.82, 2.24) is 23.7 Å². The van der Waals surface area contributed by atoms with E-state index in [0.717, 1.165) is 5.56 Å². The van der Waals surface area contributed by atoms with Crippen LogP contribution in [0.1, 0.15) is 5.56 Å². The minimum Gasteiger partial charge on any atom is -0.478 e. The standard InChI is InChI=1S/C21H21N7O3/c1-4-18(29)23-15-7-5-6-14(10-15)11-27-13-16(19-22-8-9-28(19)21(27)30)24-17-12-26(2)25-20(17)31-3/h4-10,12-13,24H,1,11H2,2-3H3,(H,23,29). The molecule has 10 heteroatoms. The lowest BCUT2D eigenvalue weighted by atomic mass is 10.2. The second kappa shape index (κ2) is 8.19. The first-order valence-electron chi connectivity index (χ1n) is 9.42. The summed E-state index contributed by atoms with van der Waals surface area (Å²) in [7, 11) is 3.33. The molecule has 158 valence electrons. The molecule has 4 rings (SSSR count). The molecule has 0 unspecified atom stereocenters. The van der Waals surface area contributed by atoms with E-state index >= 15 is 0 Å². The highest BCUT2D eigenvalue weighted by Gasteiger charge is 2.14. The van der Waals surface area contributed by atoms with E-state index in [-0.39, 0.29) is 11.6 Å². The van der Waals surface area contributed by atoms with Crippen molar-refractivity contribution >= 4 is 28.6 Å². The van der Waals surface area contributed by atoms with Gasteiger partial charge < -0.3 is 15.4 Å². The van der Waals surface area contributed by atoms with Crippen LogP contribution in [0.25, 0.3) is 5.65 Å². The minimum absolute atomic E-state index is 0.239. The number of rotatable bonds is 7. The van der Waals surface area contributed by atoms with Gasteiger partial charge >= 0.3 is 5.69 Å². The lowest BCUT2D eigenvalue weighted by Crippen LogP contribution is -2.27. The van der Waals surface area contributed by atoms with Crippen molar-refractivity contribution in [2.24, 2.45) is 7.05 Å². The van der Waals surface area contributed by atoms with Gasteiger partial charge in [-0.2, -0.15) is 0 Å². The van der Waals surface area contributed by atoms with Crippen LogP contribution in [0.3, 0.4) is 0 Å². The van der Waals surface area contributed by atoms with Crippen LogP contribution < -0.4 is 21.1 Å². The van der Waals surface area contributed by atoms with E-state index in [2.05, 4.69) is 27.3 Å². The summed E-state index contributed by atoms with van der Waals surface area (Å²) in [4.78, 5) is 28.8. The maximum atomic E-state index is 13.0. The van der Waals surface area contributed by atoms with Crippen LogP contribution in [0, 0.1) is 0 Å². The highest BCUT2D eigenvalue weighted by molar-refractivity contribution is 5.98. The van der Waals surface area contributed by atoms with E-state index in [1.54, 1.807) is 47.2 Å². The van der Waals surface area contributed by atoms with E-state index in [1.165, 1.54) is 17.6 Å². The second-order valence-corrected chi connectivity index (χ2v) is 6.82. The Morgan fingerprint density at radius 3 is 2.90 bits per heavy atom. The molecule has 0 saturated heterocycles. The first kappa shape index (κ1) is 20.0. The average molecular weight is 419 g/mol. The normalized spacial score (nSPS) is 10.8. The summed E-state index contributed by atoms with van der Waals surface area (Å²) in [5.41, 5.74) is 2.98. The molecule has 0 fully saturated rings. The maximum Gasteiger partial charge on any atom is 0.334 e. The molecule has 0 bridgehead atoms. The first-order chi connectivity index (χ1) is 15.0. The van der Waals surface area contributed by atoms with E-state index in [1.807, 2.05) is 18.2 Å². The van der Waals surface area contributed by atoms with Crippen LogP contribution >= 0.6 is 0 Å². The molecule has 0 saturated carbocycles. The Kier molecular flexibility index (Phi) is 5.27. The number of carbonyl (C=O) groups is 1. The summed E-state index contributed by atoms with van der Waals surface area (Å²) < 4.78 is 9.96. The van der Waals surface area contributed by atoms with Gasteiger partial charge in [-0.25, -0.2) is 14.2 Å². The van der Waals surface area contributed by atoms with Gasteiger partial charge in [-0.3, -0.25) is 14.0 Å². The molecular weight excluding hydrogens is 398 g/mol. The molecule has 0 aliphatic carbocycles. The number of fused-ring (bicyclic) bond motifs is 1. The van der Waals surface area contributed by atoms with Gasteiger partial charge in [0.25, 0.3) is 5.88 Å². The number of nitrogens with one attached hydrogen (secondary N) is 2. The third-order valence-electron chi connectivity index (χ3n) is 4.61. The summed E-state index contributed by atoms with van der Waals surface area (Å²) in [5, 5.41) is 10.2. The molecule has 0 aliphatic rings. The van der Waals surface area contributed by atoms with Gasteiger partial charge in [0.05, 0.1) is 25.5 Å². The predicted octanol–water partition coefficient (Wildman–Crippen LogP) is 2.15. The third kappa shape index (κ3) is 4.04. The van der Waals surface area contributed by atoms with Gasteiger partial charge in [0.2, 0.25) is 5.91 Å². The smallest absolute Gasteiger partial charge is 0.334 e. The van der Waals surface area contributed by atoms with Crippen LogP contribution in [0.5, 0.6) is 5.88 Å². The fourth-order valence-electron chi connectivity index (χ4n) is 3.25. The molecule has 3 aromatic heterocycles. The number of methoxy groups -OCH3 is 1. The number of hydrogen-bond acceptors (Lipinski definition) is 6. The van der Waals surface area contributed by atoms with Crippen LogP contribution in [-0.4, -0.2) is 36.7 Å². The van der Waals surface area contributed by atoms with Crippen LogP contribution in [0.15, 0.2) is 66.5 Å². The number of anilines is 3. The fraction of sp³-hybridized carbons (Fsp3) is 0.143. The Morgan fingerprint density at radius 1 is 1.29 bits per heavy atom. The van der Waals surface area contributed by atoms with Crippen LogP contribution in [-0.2, 0) is 18.4 Å². The van der Waals surface area contributed by atoms with Crippen molar-refractivity contribution in [3.8, 4) is 5.88 Å². The number of benzene rings is 1. The lowest BCUT2D eigenvalue weighted by molar-refractivity contribution is -0.111. The zero-order chi connectivity index (χ0) is 22.0. The van der Waals surface area contributed by atoms with Crippen molar-refractivity contribution in [2.45, 2.75) is 6.54 Å². The molecule has 4 aromatic rings. The Labute approximate surface area is 177 Å². The molecule has 1 aromatic carbocycles. The summed E-state index contributed by atoms with van der Waals surface area (Å²) in [6.45, 7) is 3.75. The van der Waals surface area contributed by atoms with Gasteiger partial charge in [-0.05, 0) is 23.8 Å². The highest BCUT2D eigenvalue weighted by Crippen LogP contribution is 2.27. The van der Waals surface area contributed by atoms with Crippen molar-refractivity contribution < 1.29 is 9.53 Å². The first-order valence-corrected chi connectivity index (χ1v) is 9.42. The van der Waals surface area contributed by atoms with Gasteiger partial charge in [-0.15, -0.1) is 5.10 Å². The summed E-state index contributed by atoms with van der Waals surface area (Å²) in [6.07, 6.45) is 7.86. The molecule has 3 heterocycles. The third-order valence-corrected chi connectivity index (χ3v) is 4.61. The Bertz CT molecular complexity index is 1330. The number of carbonyl (C=O) groups excluding carboxylic acids is 1. The molecular formula is C21H21N7O3. The zero-order valence-electron chi connectivity index (χ0n) is 17.1. The molecule has 0 atom stereocenters. The molecule has 0 aliphatic heterocycles. The maximum absolute atomic E-state index is 13.0. The molecule has 1 amide bonds. The number of nitrogens with zero attached hydrogens (tertiary/aromatic N) is 5. The minimum atomic E-state index is -0.300. The molecule has 10 nitrogen and oxygen atoms in total. The molecule has 0 spiro atoms. The average Bonchev–Trinajstić information content (AvgIpc) is 3.38. The quantitative estimate of drug-likeness (QED) is 0.445. The van der Waals surface area contributed by atoms with Crippen LogP contribution in [0.2, 0.25) is 0 Å². The topological polar surface area (TPSA) is 107 Å². The Morgan fingerprint density at radius 2 is 2.13 bits per heavy atom. The Balaban J connectivity index is 1.71. The van der Waals surface area contributed by atoms with Gasteiger partial charge in [0, 0.05) is 31.3 Å². The lowest BCUT2D eigenvalue weighted by Gasteiger charge is -2.13. The zero-order valence-corrected chi connectivity index (χ0v) is 17.1. The molecule has 0 radical (unpaired) electrons. The largest absolute Gasteiger partial charge is 0.478 e. The van der Waals surface area contributed by atoms with Gasteiger partial charge in [0.15, 0.2) is 5.65 Å². The predicted molar refractivity (Wildman–Crippen MR) is 117 cm³/mol. The SMILES string of the molecule is C=CC(=O)Nc1cccc(Cn2cc(Nc3cn(C)nc3OC)c3nccn3c2=O)c1. The number of amides is 1. The Hall–Kier alpha value is -4.34. The van der Waals surface area contributed by atoms with Crippen molar-refractivity contribution in [2.75, 3.05) is 17.7 Å². The monoisotopic (exact) mass is 419 g/mol. The number of imidazole rings is 1. The van der Waals surface area contributed by atoms with Gasteiger partial charge in [-0.1, -0.05) is 18.7 Å². The van der Waals surface area contributed by atoms with E-state index in [0.29, 0.717) is 35.1 Å². The van der Waals surface area contributed by atoms with E-state index in [4.69, 9.17) is 4.74 Å². The molecule has 31 heavy (non-hydrogen) atoms. The fourth-order valence-corrected chi connectivity index (χ4v) is 3.25. The molecule has 2 N–H and O–H groups in total. The van der Waals surface area contributed by atoms with Crippen molar-refractivity contribution in [1.29, 1.82) is 0 Å². The van der Waals surface area contributed by atoms with E-state index in [9.17, 15) is 9.59 Å². The summed E-state index contributed by atoms with van der Waals surface area (Å²) in [5.74, 6) is 0.127. The van der Waals surface area contributed by atoms with Gasteiger partial charge in [0.1, 0.15) is 5.69 Å². The highest BCUT2D eigenvalue weighted by atomic mass is 16.5. The van der Waals surface area contributed by atoms with E-state index < -0.39 is 0 Å². The summed E-state index contributed by atoms with van der Waals surface area (Å²) in [6, 6.07) is 7.28. The summed E-state index contributed by atoms with van der Waals surface area (Å²) >= 11 is 0.